The Balaban J connectivity index is 1.88. The number of aliphatic hydroxyl groups is 1. The molecule has 1 aromatic rings. The van der Waals surface area contributed by atoms with E-state index in [9.17, 15) is 29.1 Å². The largest absolute Gasteiger partial charge is 0.472 e. The van der Waals surface area contributed by atoms with Crippen molar-refractivity contribution in [3.8, 4) is 0 Å². The molecule has 1 N–H and O–H groups in total. The van der Waals surface area contributed by atoms with Crippen molar-refractivity contribution < 1.29 is 57.2 Å². The van der Waals surface area contributed by atoms with Crippen molar-refractivity contribution in [2.24, 2.45) is 39.4 Å². The van der Waals surface area contributed by atoms with Crippen LogP contribution in [0.15, 0.2) is 34.7 Å². The summed E-state index contributed by atoms with van der Waals surface area (Å²) in [6.45, 7) is 14.9. The van der Waals surface area contributed by atoms with Crippen molar-refractivity contribution >= 4 is 29.8 Å². The van der Waals surface area contributed by atoms with Crippen LogP contribution in [0.4, 0.5) is 0 Å². The Hall–Kier alpha value is -3.67. The maximum absolute atomic E-state index is 13.9. The second kappa shape index (κ2) is 13.1. The van der Waals surface area contributed by atoms with Gasteiger partial charge in [-0.2, -0.15) is 0 Å². The Morgan fingerprint density at radius 1 is 0.920 bits per heavy atom. The van der Waals surface area contributed by atoms with Gasteiger partial charge in [-0.05, 0) is 43.7 Å². The van der Waals surface area contributed by atoms with Crippen molar-refractivity contribution in [2.45, 2.75) is 124 Å². The minimum absolute atomic E-state index is 0.0808. The molecular weight excluding hydrogens is 648 g/mol. The van der Waals surface area contributed by atoms with Gasteiger partial charge in [-0.1, -0.05) is 46.3 Å². The van der Waals surface area contributed by atoms with Gasteiger partial charge in [0.2, 0.25) is 0 Å². The Morgan fingerprint density at radius 2 is 1.54 bits per heavy atom. The number of hydrogen-bond acceptors (Lipinski definition) is 12. The van der Waals surface area contributed by atoms with Gasteiger partial charge in [-0.25, -0.2) is 0 Å². The molecule has 0 bridgehead atoms. The number of furan rings is 1. The van der Waals surface area contributed by atoms with Crippen molar-refractivity contribution in [2.75, 3.05) is 7.11 Å². The molecule has 5 rings (SSSR count). The molecule has 0 radical (unpaired) electrons. The van der Waals surface area contributed by atoms with E-state index in [1.807, 2.05) is 33.8 Å². The number of carbonyl (C=O) groups excluding carboxylic acids is 5. The molecule has 0 saturated heterocycles. The number of esters is 5. The topological polar surface area (TPSA) is 165 Å². The third-order valence-corrected chi connectivity index (χ3v) is 13.1. The second-order valence-corrected chi connectivity index (χ2v) is 15.6. The van der Waals surface area contributed by atoms with Crippen LogP contribution in [0, 0.1) is 39.4 Å². The van der Waals surface area contributed by atoms with E-state index < -0.39 is 99.8 Å². The fraction of sp³-hybridized carbons (Fsp3) is 0.711. The molecule has 4 aliphatic carbocycles. The normalized spacial score (nSPS) is 40.9. The molecule has 4 aliphatic rings. The quantitative estimate of drug-likeness (QED) is 0.218. The number of rotatable bonds is 8. The summed E-state index contributed by atoms with van der Waals surface area (Å²) in [5.41, 5.74) is -3.24. The Morgan fingerprint density at radius 3 is 2.08 bits per heavy atom. The second-order valence-electron chi connectivity index (χ2n) is 15.6. The van der Waals surface area contributed by atoms with Gasteiger partial charge in [0.15, 0.2) is 0 Å². The van der Waals surface area contributed by atoms with Gasteiger partial charge >= 0.3 is 29.8 Å². The molecule has 12 heteroatoms. The van der Waals surface area contributed by atoms with Crippen LogP contribution in [-0.4, -0.2) is 72.6 Å². The van der Waals surface area contributed by atoms with Gasteiger partial charge in [0, 0.05) is 55.3 Å². The first-order valence-corrected chi connectivity index (χ1v) is 17.6. The van der Waals surface area contributed by atoms with Crippen LogP contribution in [0.5, 0.6) is 0 Å². The maximum Gasteiger partial charge on any atom is 0.314 e. The van der Waals surface area contributed by atoms with Crippen LogP contribution in [0.3, 0.4) is 0 Å². The van der Waals surface area contributed by atoms with Crippen molar-refractivity contribution in [1.29, 1.82) is 0 Å². The molecule has 3 saturated carbocycles. The molecule has 276 valence electrons. The summed E-state index contributed by atoms with van der Waals surface area (Å²) in [5, 5.41) is 11.7. The predicted molar refractivity (Wildman–Crippen MR) is 177 cm³/mol. The lowest BCUT2D eigenvalue weighted by Gasteiger charge is -2.71. The van der Waals surface area contributed by atoms with E-state index in [1.54, 1.807) is 26.4 Å². The highest BCUT2D eigenvalue weighted by atomic mass is 16.6. The average Bonchev–Trinajstić information content (AvgIpc) is 3.69. The van der Waals surface area contributed by atoms with Gasteiger partial charge in [-0.3, -0.25) is 24.0 Å². The minimum Gasteiger partial charge on any atom is -0.472 e. The van der Waals surface area contributed by atoms with Crippen molar-refractivity contribution in [3.05, 3.63) is 35.8 Å². The standard InChI is InChI=1S/C38H52O12/c1-11-19(2)33(43)50-32-30(49-22(5)41)31-37(8,25-13-12-24(35(25,32)6)23-14-15-46-18-23)28(47-20(3)39)16-26-36(7,34(44)45-10)27(42)17-29(38(26,31)9)48-21(4)40/h13-15,18-19,24,26-32,42H,11-12,16-17H2,1-10H3/t19?,24-,26-,27+,28+,29-,30+,31-,32-,35-,36-,37+,38+/m0/s1. The highest BCUT2D eigenvalue weighted by Gasteiger charge is 2.79. The molecule has 1 unspecified atom stereocenters. The number of methoxy groups -OCH3 is 1. The van der Waals surface area contributed by atoms with E-state index in [0.29, 0.717) is 12.8 Å². The van der Waals surface area contributed by atoms with Crippen LogP contribution < -0.4 is 0 Å². The summed E-state index contributed by atoms with van der Waals surface area (Å²) in [5.74, 6) is -5.43. The van der Waals surface area contributed by atoms with E-state index in [0.717, 1.165) is 11.1 Å². The monoisotopic (exact) mass is 700 g/mol. The molecule has 0 spiro atoms. The number of allylic oxidation sites excluding steroid dienone is 1. The fourth-order valence-electron chi connectivity index (χ4n) is 10.7. The first kappa shape index (κ1) is 37.6. The van der Waals surface area contributed by atoms with Gasteiger partial charge in [0.05, 0.1) is 37.1 Å². The lowest BCUT2D eigenvalue weighted by molar-refractivity contribution is -0.294. The summed E-state index contributed by atoms with van der Waals surface area (Å²) in [7, 11) is 1.24. The number of aliphatic hydroxyl groups excluding tert-OH is 1. The summed E-state index contributed by atoms with van der Waals surface area (Å²) in [6.07, 6.45) is 0.845. The summed E-state index contributed by atoms with van der Waals surface area (Å²) >= 11 is 0. The molecular formula is C38H52O12. The van der Waals surface area contributed by atoms with E-state index in [2.05, 4.69) is 6.08 Å². The predicted octanol–water partition coefficient (Wildman–Crippen LogP) is 5.06. The third-order valence-electron chi connectivity index (χ3n) is 13.1. The zero-order valence-electron chi connectivity index (χ0n) is 30.8. The maximum atomic E-state index is 13.9. The number of ether oxygens (including phenoxy) is 5. The number of hydrogen-bond donors (Lipinski definition) is 1. The number of carbonyl (C=O) groups is 5. The molecule has 0 amide bonds. The van der Waals surface area contributed by atoms with Crippen LogP contribution in [0.1, 0.15) is 99.5 Å². The molecule has 0 aliphatic heterocycles. The van der Waals surface area contributed by atoms with E-state index >= 15 is 0 Å². The summed E-state index contributed by atoms with van der Waals surface area (Å²) in [4.78, 5) is 66.7. The smallest absolute Gasteiger partial charge is 0.314 e. The molecule has 12 nitrogen and oxygen atoms in total. The van der Waals surface area contributed by atoms with E-state index in [1.165, 1.54) is 27.9 Å². The van der Waals surface area contributed by atoms with Crippen molar-refractivity contribution in [1.82, 2.24) is 0 Å². The third kappa shape index (κ3) is 5.38. The van der Waals surface area contributed by atoms with Crippen LogP contribution in [0.2, 0.25) is 0 Å². The summed E-state index contributed by atoms with van der Waals surface area (Å²) < 4.78 is 36.0. The van der Waals surface area contributed by atoms with Crippen LogP contribution in [-0.2, 0) is 47.7 Å². The summed E-state index contributed by atoms with van der Waals surface area (Å²) in [6, 6.07) is 1.86. The zero-order valence-corrected chi connectivity index (χ0v) is 30.8. The lowest BCUT2D eigenvalue weighted by Crippen LogP contribution is -2.76. The Bertz CT molecular complexity index is 1550. The van der Waals surface area contributed by atoms with Crippen LogP contribution in [0.25, 0.3) is 0 Å². The highest BCUT2D eigenvalue weighted by Crippen LogP contribution is 2.75. The SMILES string of the molecule is CCC(C)C(=O)O[C@H]1[C@H](OC(C)=O)[C@H]2[C@](C)(C3=CC[C@@H](c4ccoc4)[C@@]31C)[C@H](OC(C)=O)C[C@H]1[C@](C)(C(=O)OC)[C@H](O)C[C@H](OC(C)=O)[C@@]12C. The Kier molecular flexibility index (Phi) is 9.88. The minimum atomic E-state index is -1.56. The molecule has 0 aromatic carbocycles. The van der Waals surface area contributed by atoms with Gasteiger partial charge in [0.1, 0.15) is 24.4 Å². The highest BCUT2D eigenvalue weighted by molar-refractivity contribution is 5.78. The lowest BCUT2D eigenvalue weighted by atomic mass is 9.35. The van der Waals surface area contributed by atoms with E-state index in [-0.39, 0.29) is 18.8 Å². The molecule has 1 aromatic heterocycles. The number of fused-ring (bicyclic) bond motifs is 5. The van der Waals surface area contributed by atoms with Gasteiger partial charge in [-0.15, -0.1) is 0 Å². The van der Waals surface area contributed by atoms with Gasteiger partial charge < -0.3 is 33.2 Å². The van der Waals surface area contributed by atoms with Crippen molar-refractivity contribution in [3.63, 3.8) is 0 Å². The Labute approximate surface area is 293 Å². The fourth-order valence-corrected chi connectivity index (χ4v) is 10.7. The average molecular weight is 701 g/mol. The van der Waals surface area contributed by atoms with Gasteiger partial charge in [0.25, 0.3) is 0 Å². The first-order valence-electron chi connectivity index (χ1n) is 17.6. The molecule has 1 heterocycles. The molecule has 50 heavy (non-hydrogen) atoms. The first-order chi connectivity index (χ1) is 23.3. The molecule has 13 atom stereocenters. The van der Waals surface area contributed by atoms with Crippen LogP contribution >= 0.6 is 0 Å². The molecule has 3 fully saturated rings. The zero-order chi connectivity index (χ0) is 37.1. The van der Waals surface area contributed by atoms with E-state index in [4.69, 9.17) is 28.1 Å².